The average Bonchev–Trinajstić information content (AvgIpc) is 2.87. The van der Waals surface area contributed by atoms with E-state index in [9.17, 15) is 8.42 Å². The van der Waals surface area contributed by atoms with Crippen LogP contribution >= 0.6 is 11.3 Å². The molecule has 0 aliphatic heterocycles. The summed E-state index contributed by atoms with van der Waals surface area (Å²) in [4.78, 5) is 5.10. The summed E-state index contributed by atoms with van der Waals surface area (Å²) in [5, 5.41) is 8.84. The smallest absolute Gasteiger partial charge is 0.250 e. The predicted molar refractivity (Wildman–Crippen MR) is 78.1 cm³/mol. The van der Waals surface area contributed by atoms with Gasteiger partial charge in [-0.15, -0.1) is 11.3 Å². The lowest BCUT2D eigenvalue weighted by Gasteiger charge is -2.05. The van der Waals surface area contributed by atoms with Crippen LogP contribution in [-0.2, 0) is 23.0 Å². The molecular formula is C13H16N2O3S2. The first kappa shape index (κ1) is 15.1. The topological polar surface area (TPSA) is 79.3 Å². The first-order chi connectivity index (χ1) is 9.51. The summed E-state index contributed by atoms with van der Waals surface area (Å²) >= 11 is 1.17. The highest BCUT2D eigenvalue weighted by Crippen LogP contribution is 2.21. The molecule has 0 fully saturated rings. The number of aryl methyl sites for hydroxylation is 1. The SMILES string of the molecule is Cc1cccc(CNS(=O)(=O)c2ccc(CCO)s2)n1. The maximum Gasteiger partial charge on any atom is 0.250 e. The number of nitrogens with one attached hydrogen (secondary N) is 1. The van der Waals surface area contributed by atoms with E-state index in [1.807, 2.05) is 19.1 Å². The highest BCUT2D eigenvalue weighted by Gasteiger charge is 2.16. The Morgan fingerprint density at radius 2 is 2.10 bits per heavy atom. The highest BCUT2D eigenvalue weighted by atomic mass is 32.2. The van der Waals surface area contributed by atoms with Crippen molar-refractivity contribution in [2.75, 3.05) is 6.61 Å². The molecule has 2 aromatic heterocycles. The minimum absolute atomic E-state index is 0.0145. The van der Waals surface area contributed by atoms with Gasteiger partial charge in [0, 0.05) is 23.6 Å². The molecule has 2 aromatic rings. The molecule has 0 radical (unpaired) electrons. The van der Waals surface area contributed by atoms with Crippen LogP contribution in [0.5, 0.6) is 0 Å². The summed E-state index contributed by atoms with van der Waals surface area (Å²) in [5.74, 6) is 0. The molecule has 0 saturated carbocycles. The van der Waals surface area contributed by atoms with Crippen molar-refractivity contribution >= 4 is 21.4 Å². The first-order valence-electron chi connectivity index (χ1n) is 6.13. The van der Waals surface area contributed by atoms with E-state index in [1.54, 1.807) is 18.2 Å². The van der Waals surface area contributed by atoms with Gasteiger partial charge in [0.15, 0.2) is 0 Å². The third kappa shape index (κ3) is 3.86. The second-order valence-electron chi connectivity index (χ2n) is 4.29. The molecule has 0 aromatic carbocycles. The van der Waals surface area contributed by atoms with Crippen LogP contribution in [0.25, 0.3) is 0 Å². The molecule has 0 unspecified atom stereocenters. The zero-order valence-corrected chi connectivity index (χ0v) is 12.7. The molecule has 0 aliphatic carbocycles. The van der Waals surface area contributed by atoms with Crippen LogP contribution < -0.4 is 4.72 Å². The van der Waals surface area contributed by atoms with Crippen molar-refractivity contribution < 1.29 is 13.5 Å². The summed E-state index contributed by atoms with van der Waals surface area (Å²) in [7, 11) is -3.52. The number of thiophene rings is 1. The van der Waals surface area contributed by atoms with Gasteiger partial charge in [0.1, 0.15) is 4.21 Å². The molecule has 2 heterocycles. The van der Waals surface area contributed by atoms with Crippen LogP contribution in [0.4, 0.5) is 0 Å². The van der Waals surface area contributed by atoms with E-state index in [4.69, 9.17) is 5.11 Å². The molecule has 20 heavy (non-hydrogen) atoms. The van der Waals surface area contributed by atoms with Crippen molar-refractivity contribution in [3.05, 3.63) is 46.6 Å². The van der Waals surface area contributed by atoms with E-state index in [1.165, 1.54) is 11.3 Å². The van der Waals surface area contributed by atoms with Gasteiger partial charge < -0.3 is 5.11 Å². The Hall–Kier alpha value is -1.28. The van der Waals surface area contributed by atoms with Crippen molar-refractivity contribution in [3.63, 3.8) is 0 Å². The molecule has 0 aliphatic rings. The van der Waals surface area contributed by atoms with Crippen LogP contribution in [-0.4, -0.2) is 25.1 Å². The number of aliphatic hydroxyl groups excluding tert-OH is 1. The molecule has 0 saturated heterocycles. The molecule has 108 valence electrons. The van der Waals surface area contributed by atoms with E-state index in [2.05, 4.69) is 9.71 Å². The summed E-state index contributed by atoms with van der Waals surface area (Å²) < 4.78 is 27.0. The van der Waals surface area contributed by atoms with Crippen molar-refractivity contribution in [3.8, 4) is 0 Å². The standard InChI is InChI=1S/C13H16N2O3S2/c1-10-3-2-4-11(15-10)9-14-20(17,18)13-6-5-12(19-13)7-8-16/h2-6,14,16H,7-9H2,1H3. The Morgan fingerprint density at radius 1 is 1.30 bits per heavy atom. The zero-order valence-electron chi connectivity index (χ0n) is 11.0. The number of rotatable bonds is 6. The van der Waals surface area contributed by atoms with Crippen LogP contribution in [0, 0.1) is 6.92 Å². The fraction of sp³-hybridized carbons (Fsp3) is 0.308. The molecule has 2 rings (SSSR count). The van der Waals surface area contributed by atoms with E-state index < -0.39 is 10.0 Å². The number of aliphatic hydroxyl groups is 1. The van der Waals surface area contributed by atoms with Crippen molar-refractivity contribution in [2.24, 2.45) is 0 Å². The van der Waals surface area contributed by atoms with E-state index >= 15 is 0 Å². The second kappa shape index (κ2) is 6.45. The number of hydrogen-bond acceptors (Lipinski definition) is 5. The molecular weight excluding hydrogens is 296 g/mol. The van der Waals surface area contributed by atoms with Gasteiger partial charge in [0.05, 0.1) is 12.2 Å². The minimum Gasteiger partial charge on any atom is -0.396 e. The number of nitrogens with zero attached hydrogens (tertiary/aromatic N) is 1. The first-order valence-corrected chi connectivity index (χ1v) is 8.43. The molecule has 0 atom stereocenters. The van der Waals surface area contributed by atoms with Gasteiger partial charge in [-0.3, -0.25) is 4.98 Å². The fourth-order valence-corrected chi connectivity index (χ4v) is 4.07. The minimum atomic E-state index is -3.52. The molecule has 2 N–H and O–H groups in total. The molecule has 0 spiro atoms. The summed E-state index contributed by atoms with van der Waals surface area (Å²) in [6.07, 6.45) is 0.472. The Morgan fingerprint density at radius 3 is 2.80 bits per heavy atom. The van der Waals surface area contributed by atoms with Gasteiger partial charge in [-0.1, -0.05) is 6.07 Å². The van der Waals surface area contributed by atoms with Crippen molar-refractivity contribution in [2.45, 2.75) is 24.1 Å². The molecule has 5 nitrogen and oxygen atoms in total. The highest BCUT2D eigenvalue weighted by molar-refractivity contribution is 7.91. The Bertz CT molecular complexity index is 680. The van der Waals surface area contributed by atoms with Crippen LogP contribution in [0.3, 0.4) is 0 Å². The number of hydrogen-bond donors (Lipinski definition) is 2. The van der Waals surface area contributed by atoms with Crippen LogP contribution in [0.2, 0.25) is 0 Å². The van der Waals surface area contributed by atoms with E-state index in [-0.39, 0.29) is 17.4 Å². The van der Waals surface area contributed by atoms with Gasteiger partial charge in [-0.2, -0.15) is 0 Å². The van der Waals surface area contributed by atoms with Crippen LogP contribution in [0.15, 0.2) is 34.5 Å². The van der Waals surface area contributed by atoms with Gasteiger partial charge in [-0.25, -0.2) is 13.1 Å². The Balaban J connectivity index is 2.06. The maximum absolute atomic E-state index is 12.1. The fourth-order valence-electron chi connectivity index (χ4n) is 1.69. The van der Waals surface area contributed by atoms with Crippen molar-refractivity contribution in [1.29, 1.82) is 0 Å². The third-order valence-corrected chi connectivity index (χ3v) is 5.69. The third-order valence-electron chi connectivity index (χ3n) is 2.65. The lowest BCUT2D eigenvalue weighted by Crippen LogP contribution is -2.23. The summed E-state index contributed by atoms with van der Waals surface area (Å²) in [6, 6.07) is 8.76. The average molecular weight is 312 g/mol. The van der Waals surface area contributed by atoms with Gasteiger partial charge in [-0.05, 0) is 31.2 Å². The normalized spacial score (nSPS) is 11.7. The maximum atomic E-state index is 12.1. The number of sulfonamides is 1. The number of aromatic nitrogens is 1. The number of pyridine rings is 1. The Kier molecular flexibility index (Phi) is 4.87. The molecule has 0 bridgehead atoms. The lowest BCUT2D eigenvalue weighted by atomic mass is 10.3. The zero-order chi connectivity index (χ0) is 14.6. The second-order valence-corrected chi connectivity index (χ2v) is 7.45. The van der Waals surface area contributed by atoms with Gasteiger partial charge in [0.2, 0.25) is 10.0 Å². The van der Waals surface area contributed by atoms with Gasteiger partial charge in [0.25, 0.3) is 0 Å². The molecule has 0 amide bonds. The summed E-state index contributed by atoms with van der Waals surface area (Å²) in [5.41, 5.74) is 1.53. The van der Waals surface area contributed by atoms with E-state index in [0.717, 1.165) is 10.6 Å². The van der Waals surface area contributed by atoms with Crippen molar-refractivity contribution in [1.82, 2.24) is 9.71 Å². The van der Waals surface area contributed by atoms with Crippen LogP contribution in [0.1, 0.15) is 16.3 Å². The quantitative estimate of drug-likeness (QED) is 0.846. The monoisotopic (exact) mass is 312 g/mol. The summed E-state index contributed by atoms with van der Waals surface area (Å²) in [6.45, 7) is 2.04. The Labute approximate surface area is 122 Å². The molecule has 7 heteroatoms. The largest absolute Gasteiger partial charge is 0.396 e. The lowest BCUT2D eigenvalue weighted by molar-refractivity contribution is 0.300. The van der Waals surface area contributed by atoms with E-state index in [0.29, 0.717) is 12.1 Å². The van der Waals surface area contributed by atoms with Gasteiger partial charge >= 0.3 is 0 Å². The predicted octanol–water partition coefficient (Wildman–Crippen LogP) is 1.46.